The standard InChI is InChI=1S/C29H32ClNO/c1-29(2,32)27-12-4-3-10-23(27)11-6-9-21-7-5-8-22(19-21)13-17-26-18-15-24-14-16-25(30)20-28(24)31-26/h3-5,7-8,10,12-13,16-17,19-20,24,32H,6,9,11,14-15,18H2,1-2H3/b17-13-. The Morgan fingerprint density at radius 3 is 2.78 bits per heavy atom. The molecule has 0 aromatic heterocycles. The number of allylic oxidation sites excluding steroid dienone is 5. The van der Waals surface area contributed by atoms with E-state index < -0.39 is 5.60 Å². The predicted octanol–water partition coefficient (Wildman–Crippen LogP) is 7.36. The van der Waals surface area contributed by atoms with E-state index in [1.54, 1.807) is 0 Å². The summed E-state index contributed by atoms with van der Waals surface area (Å²) in [5, 5.41) is 11.2. The lowest BCUT2D eigenvalue weighted by molar-refractivity contribution is 0.0776. The van der Waals surface area contributed by atoms with Crippen LogP contribution in [0.2, 0.25) is 0 Å². The molecule has 2 aromatic rings. The maximum Gasteiger partial charge on any atom is 0.0843 e. The van der Waals surface area contributed by atoms with Gasteiger partial charge in [0.15, 0.2) is 0 Å². The smallest absolute Gasteiger partial charge is 0.0843 e. The molecule has 0 fully saturated rings. The zero-order valence-electron chi connectivity index (χ0n) is 19.0. The van der Waals surface area contributed by atoms with Crippen molar-refractivity contribution in [3.05, 3.63) is 99.7 Å². The summed E-state index contributed by atoms with van der Waals surface area (Å²) in [5.41, 5.74) is 6.26. The van der Waals surface area contributed by atoms with Gasteiger partial charge in [0.1, 0.15) is 0 Å². The molecule has 1 unspecified atom stereocenters. The lowest BCUT2D eigenvalue weighted by atomic mass is 9.88. The van der Waals surface area contributed by atoms with Gasteiger partial charge in [-0.05, 0) is 86.8 Å². The lowest BCUT2D eigenvalue weighted by Crippen LogP contribution is -2.18. The second-order valence-electron chi connectivity index (χ2n) is 9.38. The minimum Gasteiger partial charge on any atom is -0.386 e. The fourth-order valence-corrected chi connectivity index (χ4v) is 4.81. The number of aliphatic hydroxyl groups is 1. The van der Waals surface area contributed by atoms with E-state index in [-0.39, 0.29) is 0 Å². The van der Waals surface area contributed by atoms with Crippen molar-refractivity contribution in [2.75, 3.05) is 0 Å². The number of halogens is 1. The number of benzene rings is 2. The third-order valence-corrected chi connectivity index (χ3v) is 6.59. The highest BCUT2D eigenvalue weighted by Gasteiger charge is 2.22. The van der Waals surface area contributed by atoms with Gasteiger partial charge in [-0.3, -0.25) is 4.99 Å². The molecule has 3 heteroatoms. The fraction of sp³-hybridized carbons (Fsp3) is 0.345. The molecule has 1 aliphatic heterocycles. The van der Waals surface area contributed by atoms with Gasteiger partial charge >= 0.3 is 0 Å². The Kier molecular flexibility index (Phi) is 7.13. The highest BCUT2D eigenvalue weighted by Crippen LogP contribution is 2.33. The number of fused-ring (bicyclic) bond motifs is 1. The Morgan fingerprint density at radius 2 is 1.94 bits per heavy atom. The fourth-order valence-electron chi connectivity index (χ4n) is 4.61. The maximum atomic E-state index is 10.4. The zero-order valence-corrected chi connectivity index (χ0v) is 19.8. The molecule has 4 rings (SSSR count). The molecule has 32 heavy (non-hydrogen) atoms. The second-order valence-corrected chi connectivity index (χ2v) is 9.82. The first-order chi connectivity index (χ1) is 15.4. The van der Waals surface area contributed by atoms with E-state index in [4.69, 9.17) is 16.6 Å². The summed E-state index contributed by atoms with van der Waals surface area (Å²) in [7, 11) is 0. The Labute approximate surface area is 197 Å². The molecule has 0 saturated carbocycles. The molecule has 0 amide bonds. The molecule has 1 atom stereocenters. The number of aryl methyl sites for hydroxylation is 2. The van der Waals surface area contributed by atoms with Crippen LogP contribution in [0.3, 0.4) is 0 Å². The molecule has 2 nitrogen and oxygen atoms in total. The van der Waals surface area contributed by atoms with Crippen LogP contribution in [0.5, 0.6) is 0 Å². The first-order valence-corrected chi connectivity index (χ1v) is 12.0. The van der Waals surface area contributed by atoms with Crippen LogP contribution >= 0.6 is 11.6 Å². The average Bonchev–Trinajstić information content (AvgIpc) is 2.77. The molecule has 166 valence electrons. The second kappa shape index (κ2) is 10.0. The third kappa shape index (κ3) is 5.88. The van der Waals surface area contributed by atoms with Gasteiger partial charge < -0.3 is 5.11 Å². The molecule has 2 aliphatic rings. The summed E-state index contributed by atoms with van der Waals surface area (Å²) in [4.78, 5) is 4.85. The first kappa shape index (κ1) is 22.8. The number of nitrogens with zero attached hydrogens (tertiary/aromatic N) is 1. The van der Waals surface area contributed by atoms with Crippen molar-refractivity contribution in [3.63, 3.8) is 0 Å². The summed E-state index contributed by atoms with van der Waals surface area (Å²) < 4.78 is 0. The van der Waals surface area contributed by atoms with E-state index in [1.807, 2.05) is 32.1 Å². The Hall–Kier alpha value is -2.42. The van der Waals surface area contributed by atoms with Crippen LogP contribution in [0.4, 0.5) is 0 Å². The lowest BCUT2D eigenvalue weighted by Gasteiger charge is -2.24. The molecular weight excluding hydrogens is 414 g/mol. The summed E-state index contributed by atoms with van der Waals surface area (Å²) in [6, 6.07) is 17.0. The van der Waals surface area contributed by atoms with Crippen molar-refractivity contribution < 1.29 is 5.11 Å². The number of aliphatic imine (C=N–C) groups is 1. The van der Waals surface area contributed by atoms with Crippen LogP contribution in [0.15, 0.2) is 82.5 Å². The van der Waals surface area contributed by atoms with Crippen molar-refractivity contribution in [3.8, 4) is 0 Å². The summed E-state index contributed by atoms with van der Waals surface area (Å²) in [6.07, 6.45) is 14.6. The molecule has 0 spiro atoms. The topological polar surface area (TPSA) is 32.6 Å². The van der Waals surface area contributed by atoms with E-state index in [2.05, 4.69) is 54.6 Å². The van der Waals surface area contributed by atoms with Crippen molar-refractivity contribution in [2.24, 2.45) is 10.9 Å². The van der Waals surface area contributed by atoms with Crippen LogP contribution in [-0.4, -0.2) is 10.8 Å². The monoisotopic (exact) mass is 445 g/mol. The third-order valence-electron chi connectivity index (χ3n) is 6.33. The minimum atomic E-state index is -0.807. The molecule has 1 heterocycles. The SMILES string of the molecule is CC(C)(O)c1ccccc1CCCc1cccc(/C=C\C2=NC3=CC(Cl)=CCC3CC2)c1. The van der Waals surface area contributed by atoms with E-state index in [9.17, 15) is 5.11 Å². The van der Waals surface area contributed by atoms with E-state index in [0.717, 1.165) is 60.5 Å². The molecule has 0 saturated heterocycles. The summed E-state index contributed by atoms with van der Waals surface area (Å²) in [5.74, 6) is 0.527. The summed E-state index contributed by atoms with van der Waals surface area (Å²) in [6.45, 7) is 3.71. The summed E-state index contributed by atoms with van der Waals surface area (Å²) >= 11 is 6.17. The molecule has 0 bridgehead atoms. The van der Waals surface area contributed by atoms with E-state index in [0.29, 0.717) is 5.92 Å². The highest BCUT2D eigenvalue weighted by atomic mass is 35.5. The Balaban J connectivity index is 1.38. The average molecular weight is 446 g/mol. The van der Waals surface area contributed by atoms with Crippen LogP contribution < -0.4 is 0 Å². The van der Waals surface area contributed by atoms with Gasteiger partial charge in [-0.25, -0.2) is 0 Å². The quantitative estimate of drug-likeness (QED) is 0.474. The molecule has 0 radical (unpaired) electrons. The van der Waals surface area contributed by atoms with Crippen LogP contribution in [0.25, 0.3) is 6.08 Å². The van der Waals surface area contributed by atoms with Gasteiger partial charge in [0, 0.05) is 22.4 Å². The zero-order chi connectivity index (χ0) is 22.6. The van der Waals surface area contributed by atoms with Gasteiger partial charge in [0.2, 0.25) is 0 Å². The predicted molar refractivity (Wildman–Crippen MR) is 136 cm³/mol. The largest absolute Gasteiger partial charge is 0.386 e. The van der Waals surface area contributed by atoms with Crippen LogP contribution in [0, 0.1) is 5.92 Å². The first-order valence-electron chi connectivity index (χ1n) is 11.6. The van der Waals surface area contributed by atoms with Gasteiger partial charge in [0.25, 0.3) is 0 Å². The van der Waals surface area contributed by atoms with Gasteiger partial charge in [-0.2, -0.15) is 0 Å². The number of hydrogen-bond acceptors (Lipinski definition) is 2. The molecule has 2 aromatic carbocycles. The molecule has 1 N–H and O–H groups in total. The van der Waals surface area contributed by atoms with Crippen molar-refractivity contribution in [1.82, 2.24) is 0 Å². The normalized spacial score (nSPS) is 18.8. The molecule has 1 aliphatic carbocycles. The van der Waals surface area contributed by atoms with Gasteiger partial charge in [-0.1, -0.05) is 72.3 Å². The molecular formula is C29H32ClNO. The highest BCUT2D eigenvalue weighted by molar-refractivity contribution is 6.31. The number of rotatable bonds is 7. The Bertz CT molecular complexity index is 1080. The maximum absolute atomic E-state index is 10.4. The van der Waals surface area contributed by atoms with Crippen molar-refractivity contribution in [1.29, 1.82) is 0 Å². The van der Waals surface area contributed by atoms with Gasteiger partial charge in [0.05, 0.1) is 5.60 Å². The van der Waals surface area contributed by atoms with Crippen molar-refractivity contribution in [2.45, 2.75) is 58.0 Å². The van der Waals surface area contributed by atoms with Gasteiger partial charge in [-0.15, -0.1) is 0 Å². The minimum absolute atomic E-state index is 0.527. The Morgan fingerprint density at radius 1 is 1.09 bits per heavy atom. The van der Waals surface area contributed by atoms with E-state index >= 15 is 0 Å². The van der Waals surface area contributed by atoms with E-state index in [1.165, 1.54) is 16.7 Å². The van der Waals surface area contributed by atoms with Crippen molar-refractivity contribution >= 4 is 23.4 Å². The van der Waals surface area contributed by atoms with Crippen LogP contribution in [0.1, 0.15) is 61.8 Å². The number of hydrogen-bond donors (Lipinski definition) is 1. The van der Waals surface area contributed by atoms with Crippen LogP contribution in [-0.2, 0) is 18.4 Å².